The van der Waals surface area contributed by atoms with E-state index in [1.807, 2.05) is 11.8 Å². The number of nitrogens with one attached hydrogen (secondary N) is 1. The number of likely N-dealkylation sites (N-methyl/N-ethyl adjacent to an activating group) is 1. The molecule has 26 heavy (non-hydrogen) atoms. The highest BCUT2D eigenvalue weighted by Crippen LogP contribution is 2.29. The molecule has 1 fully saturated rings. The van der Waals surface area contributed by atoms with Crippen molar-refractivity contribution in [3.05, 3.63) is 22.4 Å². The number of carbonyl (C=O) groups excluding carboxylic acids is 1. The lowest BCUT2D eigenvalue weighted by molar-refractivity contribution is -0.132. The molecule has 0 saturated carbocycles. The van der Waals surface area contributed by atoms with Crippen LogP contribution in [-0.4, -0.2) is 70.4 Å². The smallest absolute Gasteiger partial charge is 0.235 e. The second-order valence-corrected chi connectivity index (χ2v) is 9.75. The fraction of sp³-hybridized carbons (Fsp3) is 0.588. The molecule has 1 aliphatic heterocycles. The number of anilines is 1. The van der Waals surface area contributed by atoms with Crippen molar-refractivity contribution >= 4 is 45.5 Å². The molecule has 6 nitrogen and oxygen atoms in total. The molecule has 0 aliphatic carbocycles. The van der Waals surface area contributed by atoms with Crippen molar-refractivity contribution in [2.45, 2.75) is 29.9 Å². The number of aromatic nitrogens is 2. The van der Waals surface area contributed by atoms with E-state index in [4.69, 9.17) is 0 Å². The summed E-state index contributed by atoms with van der Waals surface area (Å²) in [6, 6.07) is 4.21. The molecule has 2 aromatic rings. The highest BCUT2D eigenvalue weighted by atomic mass is 32.2. The fourth-order valence-electron chi connectivity index (χ4n) is 2.82. The zero-order chi connectivity index (χ0) is 18.4. The minimum Gasteiger partial charge on any atom is -0.360 e. The van der Waals surface area contributed by atoms with Crippen LogP contribution < -0.4 is 5.32 Å². The Morgan fingerprint density at radius 2 is 2.15 bits per heavy atom. The number of thioether (sulfide) groups is 1. The van der Waals surface area contributed by atoms with Crippen molar-refractivity contribution < 1.29 is 4.79 Å². The molecule has 3 rings (SSSR count). The van der Waals surface area contributed by atoms with Crippen LogP contribution in [0.5, 0.6) is 0 Å². The molecular weight excluding hydrogens is 386 g/mol. The van der Waals surface area contributed by atoms with Gasteiger partial charge in [0.15, 0.2) is 4.34 Å². The summed E-state index contributed by atoms with van der Waals surface area (Å²) in [5.41, 5.74) is 0. The first-order valence-corrected chi connectivity index (χ1v) is 11.5. The van der Waals surface area contributed by atoms with Gasteiger partial charge in [-0.15, -0.1) is 21.5 Å². The van der Waals surface area contributed by atoms with Crippen molar-refractivity contribution in [3.63, 3.8) is 0 Å². The second-order valence-electron chi connectivity index (χ2n) is 6.15. The summed E-state index contributed by atoms with van der Waals surface area (Å²) in [6.45, 7) is 9.61. The molecule has 1 saturated heterocycles. The Morgan fingerprint density at radius 1 is 1.35 bits per heavy atom. The van der Waals surface area contributed by atoms with Crippen molar-refractivity contribution in [2.24, 2.45) is 0 Å². The Labute approximate surface area is 167 Å². The van der Waals surface area contributed by atoms with Gasteiger partial charge >= 0.3 is 0 Å². The van der Waals surface area contributed by atoms with Crippen LogP contribution >= 0.6 is 34.4 Å². The highest BCUT2D eigenvalue weighted by Gasteiger charge is 2.25. The van der Waals surface area contributed by atoms with E-state index in [1.165, 1.54) is 28.0 Å². The van der Waals surface area contributed by atoms with Gasteiger partial charge in [-0.1, -0.05) is 36.1 Å². The Morgan fingerprint density at radius 3 is 2.85 bits per heavy atom. The third-order valence-corrected chi connectivity index (χ3v) is 7.38. The average Bonchev–Trinajstić information content (AvgIpc) is 3.33. The first-order chi connectivity index (χ1) is 12.7. The van der Waals surface area contributed by atoms with Gasteiger partial charge in [0.05, 0.1) is 5.25 Å². The van der Waals surface area contributed by atoms with Gasteiger partial charge in [-0.2, -0.15) is 0 Å². The number of amides is 1. The van der Waals surface area contributed by atoms with Gasteiger partial charge in [-0.3, -0.25) is 4.79 Å². The Hall–Kier alpha value is -1.16. The number of thiophene rings is 1. The maximum atomic E-state index is 12.6. The van der Waals surface area contributed by atoms with E-state index in [0.29, 0.717) is 0 Å². The van der Waals surface area contributed by atoms with E-state index < -0.39 is 0 Å². The highest BCUT2D eigenvalue weighted by molar-refractivity contribution is 8.02. The van der Waals surface area contributed by atoms with Gasteiger partial charge in [0.2, 0.25) is 11.0 Å². The average molecular weight is 412 g/mol. The maximum Gasteiger partial charge on any atom is 0.235 e. The van der Waals surface area contributed by atoms with Crippen LogP contribution in [0.3, 0.4) is 0 Å². The molecule has 142 valence electrons. The second kappa shape index (κ2) is 9.68. The molecule has 2 aromatic heterocycles. The predicted molar refractivity (Wildman–Crippen MR) is 110 cm³/mol. The van der Waals surface area contributed by atoms with E-state index in [0.717, 1.165) is 55.2 Å². The maximum absolute atomic E-state index is 12.6. The van der Waals surface area contributed by atoms with Gasteiger partial charge in [-0.05, 0) is 31.3 Å². The Balaban J connectivity index is 1.43. The molecule has 9 heteroatoms. The lowest BCUT2D eigenvalue weighted by Crippen LogP contribution is -2.50. The summed E-state index contributed by atoms with van der Waals surface area (Å²) in [5.74, 6) is 0.202. The van der Waals surface area contributed by atoms with Crippen molar-refractivity contribution in [2.75, 3.05) is 44.6 Å². The van der Waals surface area contributed by atoms with E-state index in [1.54, 1.807) is 11.3 Å². The Bertz CT molecular complexity index is 682. The van der Waals surface area contributed by atoms with Crippen LogP contribution in [0, 0.1) is 0 Å². The summed E-state index contributed by atoms with van der Waals surface area (Å²) in [7, 11) is 0. The molecule has 0 radical (unpaired) electrons. The summed E-state index contributed by atoms with van der Waals surface area (Å²) in [6.07, 6.45) is 0.984. The summed E-state index contributed by atoms with van der Waals surface area (Å²) >= 11 is 4.79. The number of carbonyl (C=O) groups is 1. The lowest BCUT2D eigenvalue weighted by Gasteiger charge is -2.35. The molecule has 0 spiro atoms. The van der Waals surface area contributed by atoms with E-state index in [2.05, 4.69) is 44.9 Å². The largest absolute Gasteiger partial charge is 0.360 e. The summed E-state index contributed by atoms with van der Waals surface area (Å²) in [5, 5.41) is 14.5. The van der Waals surface area contributed by atoms with Crippen molar-refractivity contribution in [3.8, 4) is 0 Å². The van der Waals surface area contributed by atoms with E-state index in [-0.39, 0.29) is 11.2 Å². The van der Waals surface area contributed by atoms with Crippen LogP contribution in [0.25, 0.3) is 0 Å². The van der Waals surface area contributed by atoms with Crippen LogP contribution in [0.2, 0.25) is 0 Å². The minimum absolute atomic E-state index is 0.130. The zero-order valence-electron chi connectivity index (χ0n) is 15.2. The van der Waals surface area contributed by atoms with Crippen LogP contribution in [0.15, 0.2) is 21.9 Å². The molecule has 1 amide bonds. The first kappa shape index (κ1) is 19.6. The standard InChI is InChI=1S/C17H25N5OS3/c1-3-21-8-10-22(11-9-21)15(23)13(2)25-17-20-19-16(26-17)18-7-6-14-5-4-12-24-14/h4-5,12-13H,3,6-11H2,1-2H3,(H,18,19). The number of nitrogens with zero attached hydrogens (tertiary/aromatic N) is 4. The van der Waals surface area contributed by atoms with Crippen molar-refractivity contribution in [1.82, 2.24) is 20.0 Å². The molecule has 1 atom stereocenters. The van der Waals surface area contributed by atoms with Gasteiger partial charge in [0.25, 0.3) is 0 Å². The fourth-order valence-corrected chi connectivity index (χ4v) is 5.53. The van der Waals surface area contributed by atoms with E-state index >= 15 is 0 Å². The third kappa shape index (κ3) is 5.42. The van der Waals surface area contributed by atoms with Crippen molar-refractivity contribution in [1.29, 1.82) is 0 Å². The minimum atomic E-state index is -0.130. The van der Waals surface area contributed by atoms with Crippen LogP contribution in [0.1, 0.15) is 18.7 Å². The molecule has 0 bridgehead atoms. The van der Waals surface area contributed by atoms with E-state index in [9.17, 15) is 4.79 Å². The van der Waals surface area contributed by atoms with Crippen LogP contribution in [-0.2, 0) is 11.2 Å². The number of hydrogen-bond acceptors (Lipinski definition) is 8. The SMILES string of the molecule is CCN1CCN(C(=O)C(C)Sc2nnc(NCCc3cccs3)s2)CC1. The molecule has 1 N–H and O–H groups in total. The van der Waals surface area contributed by atoms with Gasteiger partial charge in [-0.25, -0.2) is 0 Å². The number of hydrogen-bond donors (Lipinski definition) is 1. The number of piperazine rings is 1. The molecule has 0 aromatic carbocycles. The number of rotatable bonds is 8. The first-order valence-electron chi connectivity index (χ1n) is 8.93. The molecule has 1 aliphatic rings. The van der Waals surface area contributed by atoms with Gasteiger partial charge in [0, 0.05) is 37.6 Å². The van der Waals surface area contributed by atoms with Gasteiger partial charge in [0.1, 0.15) is 0 Å². The zero-order valence-corrected chi connectivity index (χ0v) is 17.6. The quantitative estimate of drug-likeness (QED) is 0.674. The molecule has 3 heterocycles. The molecular formula is C17H25N5OS3. The normalized spacial score (nSPS) is 16.6. The van der Waals surface area contributed by atoms with Gasteiger partial charge < -0.3 is 15.1 Å². The Kier molecular flexibility index (Phi) is 7.30. The third-order valence-electron chi connectivity index (χ3n) is 4.39. The summed E-state index contributed by atoms with van der Waals surface area (Å²) < 4.78 is 0.844. The van der Waals surface area contributed by atoms with Crippen LogP contribution in [0.4, 0.5) is 5.13 Å². The monoisotopic (exact) mass is 411 g/mol. The summed E-state index contributed by atoms with van der Waals surface area (Å²) in [4.78, 5) is 18.3. The lowest BCUT2D eigenvalue weighted by atomic mass is 10.3. The molecule has 1 unspecified atom stereocenters. The predicted octanol–water partition coefficient (Wildman–Crippen LogP) is 2.90. The topological polar surface area (TPSA) is 61.4 Å².